The molecule has 1 aliphatic carbocycles. The molecule has 90 valence electrons. The lowest BCUT2D eigenvalue weighted by molar-refractivity contribution is -0.00875. The Bertz CT molecular complexity index is 443. The molecule has 0 spiro atoms. The van der Waals surface area contributed by atoms with Gasteiger partial charge in [0.15, 0.2) is 0 Å². The Morgan fingerprint density at radius 1 is 1.35 bits per heavy atom. The number of halogens is 1. The Morgan fingerprint density at radius 3 is 2.82 bits per heavy atom. The van der Waals surface area contributed by atoms with E-state index in [9.17, 15) is 4.39 Å². The third-order valence-corrected chi connectivity index (χ3v) is 2.83. The maximum absolute atomic E-state index is 13.3. The third-order valence-electron chi connectivity index (χ3n) is 2.83. The largest absolute Gasteiger partial charge is 0.374 e. The van der Waals surface area contributed by atoms with Gasteiger partial charge in [-0.2, -0.15) is 0 Å². The summed E-state index contributed by atoms with van der Waals surface area (Å²) in [5.41, 5.74) is 6.77. The van der Waals surface area contributed by atoms with Gasteiger partial charge in [0.05, 0.1) is 19.3 Å². The fourth-order valence-corrected chi connectivity index (χ4v) is 1.71. The van der Waals surface area contributed by atoms with Gasteiger partial charge in [0.25, 0.3) is 0 Å². The lowest BCUT2D eigenvalue weighted by Gasteiger charge is -2.25. The zero-order chi connectivity index (χ0) is 12.1. The summed E-state index contributed by atoms with van der Waals surface area (Å²) in [6.45, 7) is 0.740. The molecule has 2 rings (SSSR count). The Balaban J connectivity index is 2.02. The van der Waals surface area contributed by atoms with Gasteiger partial charge in [-0.1, -0.05) is 11.8 Å². The van der Waals surface area contributed by atoms with Crippen LogP contribution in [0.3, 0.4) is 0 Å². The SMILES string of the molecule is NCC#Cc1cc(F)cc(COC2CCC2)c1. The topological polar surface area (TPSA) is 35.2 Å². The number of nitrogens with two attached hydrogens (primary N) is 1. The quantitative estimate of drug-likeness (QED) is 0.812. The van der Waals surface area contributed by atoms with Crippen LogP contribution in [0.2, 0.25) is 0 Å². The molecule has 1 aromatic rings. The molecule has 2 N–H and O–H groups in total. The summed E-state index contributed by atoms with van der Waals surface area (Å²) >= 11 is 0. The van der Waals surface area contributed by atoms with E-state index in [1.165, 1.54) is 18.6 Å². The summed E-state index contributed by atoms with van der Waals surface area (Å²) in [4.78, 5) is 0. The lowest BCUT2D eigenvalue weighted by atomic mass is 9.96. The Morgan fingerprint density at radius 2 is 2.18 bits per heavy atom. The van der Waals surface area contributed by atoms with Crippen LogP contribution in [-0.4, -0.2) is 12.6 Å². The zero-order valence-electron chi connectivity index (χ0n) is 9.71. The summed E-state index contributed by atoms with van der Waals surface area (Å²) in [5.74, 6) is 5.27. The number of ether oxygens (including phenoxy) is 1. The second-order valence-electron chi connectivity index (χ2n) is 4.22. The normalized spacial score (nSPS) is 14.9. The monoisotopic (exact) mass is 233 g/mol. The average Bonchev–Trinajstić information content (AvgIpc) is 2.23. The molecule has 0 aromatic heterocycles. The summed E-state index contributed by atoms with van der Waals surface area (Å²) in [5, 5.41) is 0. The van der Waals surface area contributed by atoms with Crippen molar-refractivity contribution in [2.75, 3.05) is 6.54 Å². The molecule has 0 saturated heterocycles. The zero-order valence-corrected chi connectivity index (χ0v) is 9.71. The van der Waals surface area contributed by atoms with Crippen molar-refractivity contribution in [3.05, 3.63) is 35.1 Å². The predicted octanol–water partition coefficient (Wildman–Crippen LogP) is 2.21. The first-order valence-corrected chi connectivity index (χ1v) is 5.88. The van der Waals surface area contributed by atoms with E-state index in [2.05, 4.69) is 11.8 Å². The number of hydrogen-bond donors (Lipinski definition) is 1. The van der Waals surface area contributed by atoms with E-state index in [0.717, 1.165) is 18.4 Å². The van der Waals surface area contributed by atoms with Crippen molar-refractivity contribution >= 4 is 0 Å². The molecule has 1 fully saturated rings. The van der Waals surface area contributed by atoms with Gasteiger partial charge in [-0.25, -0.2) is 4.39 Å². The minimum atomic E-state index is -0.277. The first kappa shape index (κ1) is 12.1. The van der Waals surface area contributed by atoms with Crippen molar-refractivity contribution in [3.63, 3.8) is 0 Å². The fourth-order valence-electron chi connectivity index (χ4n) is 1.71. The molecule has 0 amide bonds. The van der Waals surface area contributed by atoms with Crippen molar-refractivity contribution < 1.29 is 9.13 Å². The highest BCUT2D eigenvalue weighted by Crippen LogP contribution is 2.23. The third kappa shape index (κ3) is 3.55. The van der Waals surface area contributed by atoms with Crippen molar-refractivity contribution in [2.45, 2.75) is 32.0 Å². The van der Waals surface area contributed by atoms with Crippen molar-refractivity contribution in [3.8, 4) is 11.8 Å². The van der Waals surface area contributed by atoms with Gasteiger partial charge in [-0.05, 0) is 43.0 Å². The molecule has 0 bridgehead atoms. The molecule has 0 atom stereocenters. The lowest BCUT2D eigenvalue weighted by Crippen LogP contribution is -2.21. The van der Waals surface area contributed by atoms with Crippen LogP contribution in [0.4, 0.5) is 4.39 Å². The summed E-state index contributed by atoms with van der Waals surface area (Å²) in [6, 6.07) is 4.76. The molecular formula is C14H16FNO. The highest BCUT2D eigenvalue weighted by Gasteiger charge is 2.17. The molecular weight excluding hydrogens is 217 g/mol. The molecule has 0 aliphatic heterocycles. The Kier molecular flexibility index (Phi) is 4.13. The van der Waals surface area contributed by atoms with E-state index in [1.54, 1.807) is 0 Å². The molecule has 1 aromatic carbocycles. The van der Waals surface area contributed by atoms with E-state index in [-0.39, 0.29) is 12.4 Å². The number of hydrogen-bond acceptors (Lipinski definition) is 2. The van der Waals surface area contributed by atoms with Gasteiger partial charge in [-0.15, -0.1) is 0 Å². The first-order chi connectivity index (χ1) is 8.28. The van der Waals surface area contributed by atoms with Gasteiger partial charge in [-0.3, -0.25) is 0 Å². The van der Waals surface area contributed by atoms with E-state index >= 15 is 0 Å². The molecule has 17 heavy (non-hydrogen) atoms. The van der Waals surface area contributed by atoms with Crippen LogP contribution in [0, 0.1) is 17.7 Å². The van der Waals surface area contributed by atoms with E-state index in [4.69, 9.17) is 10.5 Å². The molecule has 3 heteroatoms. The average molecular weight is 233 g/mol. The highest BCUT2D eigenvalue weighted by atomic mass is 19.1. The smallest absolute Gasteiger partial charge is 0.124 e. The minimum Gasteiger partial charge on any atom is -0.374 e. The van der Waals surface area contributed by atoms with Crippen LogP contribution < -0.4 is 5.73 Å². The Hall–Kier alpha value is -1.37. The van der Waals surface area contributed by atoms with Crippen molar-refractivity contribution in [2.24, 2.45) is 5.73 Å². The molecule has 2 nitrogen and oxygen atoms in total. The molecule has 1 saturated carbocycles. The van der Waals surface area contributed by atoms with Gasteiger partial charge in [0.1, 0.15) is 5.82 Å². The standard InChI is InChI=1S/C14H16FNO/c15-13-8-11(3-2-6-16)7-12(9-13)10-17-14-4-1-5-14/h7-9,14H,1,4-6,10,16H2. The molecule has 0 radical (unpaired) electrons. The number of benzene rings is 1. The van der Waals surface area contributed by atoms with Crippen LogP contribution in [0.1, 0.15) is 30.4 Å². The van der Waals surface area contributed by atoms with E-state index in [0.29, 0.717) is 18.3 Å². The van der Waals surface area contributed by atoms with Crippen LogP contribution in [0.5, 0.6) is 0 Å². The van der Waals surface area contributed by atoms with Crippen LogP contribution in [-0.2, 0) is 11.3 Å². The fraction of sp³-hybridized carbons (Fsp3) is 0.429. The summed E-state index contributed by atoms with van der Waals surface area (Å²) in [7, 11) is 0. The second-order valence-corrected chi connectivity index (χ2v) is 4.22. The van der Waals surface area contributed by atoms with Gasteiger partial charge in [0, 0.05) is 5.56 Å². The van der Waals surface area contributed by atoms with Crippen LogP contribution in [0.25, 0.3) is 0 Å². The minimum absolute atomic E-state index is 0.277. The first-order valence-electron chi connectivity index (χ1n) is 5.88. The van der Waals surface area contributed by atoms with Crippen molar-refractivity contribution in [1.82, 2.24) is 0 Å². The summed E-state index contributed by atoms with van der Waals surface area (Å²) in [6.07, 6.45) is 3.84. The van der Waals surface area contributed by atoms with Gasteiger partial charge >= 0.3 is 0 Å². The molecule has 0 heterocycles. The van der Waals surface area contributed by atoms with Gasteiger partial charge < -0.3 is 10.5 Å². The van der Waals surface area contributed by atoms with Crippen LogP contribution >= 0.6 is 0 Å². The Labute approximate surface area is 101 Å². The number of rotatable bonds is 3. The molecule has 1 aliphatic rings. The van der Waals surface area contributed by atoms with E-state index < -0.39 is 0 Å². The van der Waals surface area contributed by atoms with Crippen LogP contribution in [0.15, 0.2) is 18.2 Å². The molecule has 0 unspecified atom stereocenters. The maximum Gasteiger partial charge on any atom is 0.124 e. The highest BCUT2D eigenvalue weighted by molar-refractivity contribution is 5.37. The van der Waals surface area contributed by atoms with E-state index in [1.807, 2.05) is 6.07 Å². The second kappa shape index (κ2) is 5.81. The van der Waals surface area contributed by atoms with Gasteiger partial charge in [0.2, 0.25) is 0 Å². The predicted molar refractivity (Wildman–Crippen MR) is 64.8 cm³/mol. The maximum atomic E-state index is 13.3. The summed E-state index contributed by atoms with van der Waals surface area (Å²) < 4.78 is 19.0. The van der Waals surface area contributed by atoms with Crippen molar-refractivity contribution in [1.29, 1.82) is 0 Å².